The van der Waals surface area contributed by atoms with Crippen molar-refractivity contribution < 1.29 is 4.74 Å². The highest BCUT2D eigenvalue weighted by Crippen LogP contribution is 2.29. The van der Waals surface area contributed by atoms with E-state index in [1.54, 1.807) is 0 Å². The molecule has 1 atom stereocenters. The van der Waals surface area contributed by atoms with Gasteiger partial charge in [0.05, 0.1) is 0 Å². The summed E-state index contributed by atoms with van der Waals surface area (Å²) in [6.07, 6.45) is 1.02. The smallest absolute Gasteiger partial charge is 0.220 e. The molecule has 2 aromatic heterocycles. The van der Waals surface area contributed by atoms with Gasteiger partial charge < -0.3 is 9.72 Å². The van der Waals surface area contributed by atoms with Crippen molar-refractivity contribution in [2.24, 2.45) is 0 Å². The number of para-hydroxylation sites is 1. The average molecular weight is 336 g/mol. The minimum atomic E-state index is 0.138. The van der Waals surface area contributed by atoms with Gasteiger partial charge in [0.25, 0.3) is 0 Å². The summed E-state index contributed by atoms with van der Waals surface area (Å²) in [7, 11) is 2.14. The summed E-state index contributed by atoms with van der Waals surface area (Å²) >= 11 is 0. The van der Waals surface area contributed by atoms with Crippen LogP contribution in [0.25, 0.3) is 10.9 Å². The molecule has 0 spiro atoms. The van der Waals surface area contributed by atoms with E-state index in [0.717, 1.165) is 42.5 Å². The Morgan fingerprint density at radius 3 is 2.80 bits per heavy atom. The molecule has 5 nitrogen and oxygen atoms in total. The first-order valence-corrected chi connectivity index (χ1v) is 8.76. The summed E-state index contributed by atoms with van der Waals surface area (Å²) in [5.41, 5.74) is 6.00. The first-order valence-electron chi connectivity index (χ1n) is 8.76. The van der Waals surface area contributed by atoms with E-state index in [9.17, 15) is 0 Å². The Hall–Kier alpha value is -2.40. The predicted octanol–water partition coefficient (Wildman–Crippen LogP) is 3.32. The Balaban J connectivity index is 1.45. The van der Waals surface area contributed by atoms with Crippen LogP contribution in [0.1, 0.15) is 28.3 Å². The number of fused-ring (bicyclic) bond motifs is 2. The highest BCUT2D eigenvalue weighted by molar-refractivity contribution is 5.84. The fourth-order valence-electron chi connectivity index (χ4n) is 3.74. The fraction of sp³-hybridized carbons (Fsp3) is 0.400. The molecule has 0 saturated carbocycles. The third-order valence-electron chi connectivity index (χ3n) is 5.01. The lowest BCUT2D eigenvalue weighted by Crippen LogP contribution is -2.32. The highest BCUT2D eigenvalue weighted by Gasteiger charge is 2.28. The molecular weight excluding hydrogens is 312 g/mol. The van der Waals surface area contributed by atoms with Crippen molar-refractivity contribution in [3.8, 4) is 5.88 Å². The van der Waals surface area contributed by atoms with Gasteiger partial charge in [-0.2, -0.15) is 4.98 Å². The normalized spacial score (nSPS) is 16.4. The standard InChI is InChI=1S/C20H24N4O/c1-12-16-7-5-6-8-18(16)23-19(12)11-24(4)10-15-9-17-13(2)21-14(3)22-20(17)25-15/h5-8,15,23H,9-11H2,1-4H3/t15-/m1/s1. The van der Waals surface area contributed by atoms with Gasteiger partial charge >= 0.3 is 0 Å². The van der Waals surface area contributed by atoms with Gasteiger partial charge in [0.15, 0.2) is 0 Å². The van der Waals surface area contributed by atoms with Crippen LogP contribution in [0.2, 0.25) is 0 Å². The van der Waals surface area contributed by atoms with Crippen LogP contribution in [0.5, 0.6) is 5.88 Å². The number of nitrogens with one attached hydrogen (secondary N) is 1. The SMILES string of the molecule is Cc1nc(C)c2c(n1)O[C@@H](CN(C)Cc1[nH]c3ccccc3c1C)C2. The Kier molecular flexibility index (Phi) is 3.96. The van der Waals surface area contributed by atoms with Crippen molar-refractivity contribution in [1.29, 1.82) is 0 Å². The molecule has 1 N–H and O–H groups in total. The van der Waals surface area contributed by atoms with E-state index in [-0.39, 0.29) is 6.10 Å². The molecule has 3 aromatic rings. The van der Waals surface area contributed by atoms with Crippen molar-refractivity contribution >= 4 is 10.9 Å². The maximum Gasteiger partial charge on any atom is 0.220 e. The fourth-order valence-corrected chi connectivity index (χ4v) is 3.74. The summed E-state index contributed by atoms with van der Waals surface area (Å²) in [5.74, 6) is 1.55. The molecule has 0 radical (unpaired) electrons. The van der Waals surface area contributed by atoms with E-state index < -0.39 is 0 Å². The second-order valence-electron chi connectivity index (χ2n) is 7.05. The number of nitrogens with zero attached hydrogens (tertiary/aromatic N) is 3. The van der Waals surface area contributed by atoms with Gasteiger partial charge in [0.2, 0.25) is 5.88 Å². The van der Waals surface area contributed by atoms with Gasteiger partial charge in [-0.05, 0) is 39.4 Å². The zero-order valence-electron chi connectivity index (χ0n) is 15.3. The molecule has 0 aliphatic carbocycles. The lowest BCUT2D eigenvalue weighted by molar-refractivity contribution is 0.160. The van der Waals surface area contributed by atoms with Crippen molar-refractivity contribution in [3.63, 3.8) is 0 Å². The Labute approximate surface area is 148 Å². The second-order valence-corrected chi connectivity index (χ2v) is 7.05. The van der Waals surface area contributed by atoms with E-state index in [1.807, 2.05) is 13.8 Å². The topological polar surface area (TPSA) is 54.0 Å². The quantitative estimate of drug-likeness (QED) is 0.794. The summed E-state index contributed by atoms with van der Waals surface area (Å²) in [5, 5.41) is 1.30. The lowest BCUT2D eigenvalue weighted by atomic mass is 10.1. The number of H-pyrrole nitrogens is 1. The number of benzene rings is 1. The van der Waals surface area contributed by atoms with Crippen molar-refractivity contribution in [2.45, 2.75) is 39.8 Å². The Morgan fingerprint density at radius 2 is 2.00 bits per heavy atom. The molecule has 0 bridgehead atoms. The number of likely N-dealkylation sites (N-methyl/N-ethyl adjacent to an activating group) is 1. The molecule has 4 rings (SSSR count). The summed E-state index contributed by atoms with van der Waals surface area (Å²) < 4.78 is 6.06. The molecule has 25 heavy (non-hydrogen) atoms. The number of hydrogen-bond donors (Lipinski definition) is 1. The van der Waals surface area contributed by atoms with Gasteiger partial charge in [-0.1, -0.05) is 18.2 Å². The molecule has 1 aliphatic heterocycles. The molecule has 0 fully saturated rings. The molecule has 0 unspecified atom stereocenters. The molecule has 0 saturated heterocycles. The van der Waals surface area contributed by atoms with Crippen LogP contribution in [-0.2, 0) is 13.0 Å². The minimum Gasteiger partial charge on any atom is -0.472 e. The third-order valence-corrected chi connectivity index (χ3v) is 5.01. The van der Waals surface area contributed by atoms with Crippen LogP contribution < -0.4 is 4.74 Å². The predicted molar refractivity (Wildman–Crippen MR) is 99.0 cm³/mol. The van der Waals surface area contributed by atoms with Gasteiger partial charge in [0.1, 0.15) is 11.9 Å². The molecule has 0 amide bonds. The van der Waals surface area contributed by atoms with Crippen LogP contribution in [-0.4, -0.2) is 39.5 Å². The van der Waals surface area contributed by atoms with Crippen LogP contribution in [0, 0.1) is 20.8 Å². The monoisotopic (exact) mass is 336 g/mol. The van der Waals surface area contributed by atoms with E-state index in [2.05, 4.69) is 58.1 Å². The van der Waals surface area contributed by atoms with E-state index in [0.29, 0.717) is 0 Å². The molecule has 130 valence electrons. The van der Waals surface area contributed by atoms with Gasteiger partial charge in [0, 0.05) is 47.4 Å². The van der Waals surface area contributed by atoms with E-state index in [1.165, 1.54) is 22.2 Å². The molecule has 1 aromatic carbocycles. The number of hydrogen-bond acceptors (Lipinski definition) is 4. The van der Waals surface area contributed by atoms with Crippen molar-refractivity contribution in [2.75, 3.05) is 13.6 Å². The van der Waals surface area contributed by atoms with Crippen LogP contribution in [0.15, 0.2) is 24.3 Å². The number of aromatic nitrogens is 3. The van der Waals surface area contributed by atoms with Crippen LogP contribution >= 0.6 is 0 Å². The van der Waals surface area contributed by atoms with Crippen molar-refractivity contribution in [1.82, 2.24) is 19.9 Å². The second kappa shape index (κ2) is 6.15. The van der Waals surface area contributed by atoms with Gasteiger partial charge in [-0.3, -0.25) is 4.90 Å². The van der Waals surface area contributed by atoms with Crippen LogP contribution in [0.4, 0.5) is 0 Å². The maximum absolute atomic E-state index is 6.06. The van der Waals surface area contributed by atoms with E-state index >= 15 is 0 Å². The average Bonchev–Trinajstić information content (AvgIpc) is 3.09. The molecular formula is C20H24N4O. The largest absolute Gasteiger partial charge is 0.472 e. The number of aromatic amines is 1. The number of ether oxygens (including phenoxy) is 1. The maximum atomic E-state index is 6.06. The zero-order valence-corrected chi connectivity index (χ0v) is 15.3. The van der Waals surface area contributed by atoms with E-state index in [4.69, 9.17) is 4.74 Å². The third kappa shape index (κ3) is 3.00. The molecule has 1 aliphatic rings. The Morgan fingerprint density at radius 1 is 1.20 bits per heavy atom. The summed E-state index contributed by atoms with van der Waals surface area (Å²) in [6.45, 7) is 7.88. The summed E-state index contributed by atoms with van der Waals surface area (Å²) in [4.78, 5) is 14.8. The Bertz CT molecular complexity index is 931. The molecule has 5 heteroatoms. The lowest BCUT2D eigenvalue weighted by Gasteiger charge is -2.20. The highest BCUT2D eigenvalue weighted by atomic mass is 16.5. The summed E-state index contributed by atoms with van der Waals surface area (Å²) in [6, 6.07) is 8.46. The van der Waals surface area contributed by atoms with Crippen molar-refractivity contribution in [3.05, 3.63) is 52.6 Å². The molecule has 3 heterocycles. The number of aryl methyl sites for hydroxylation is 3. The van der Waals surface area contributed by atoms with Crippen LogP contribution in [0.3, 0.4) is 0 Å². The number of rotatable bonds is 4. The zero-order chi connectivity index (χ0) is 17.6. The minimum absolute atomic E-state index is 0.138. The van der Waals surface area contributed by atoms with Gasteiger partial charge in [-0.25, -0.2) is 4.98 Å². The van der Waals surface area contributed by atoms with Gasteiger partial charge in [-0.15, -0.1) is 0 Å². The first-order chi connectivity index (χ1) is 12.0. The first kappa shape index (κ1) is 16.1.